The van der Waals surface area contributed by atoms with E-state index in [-0.39, 0.29) is 16.5 Å². The molecule has 1 fully saturated rings. The fraction of sp³-hybridized carbons (Fsp3) is 0.545. The molecule has 0 spiro atoms. The molecule has 2 heterocycles. The summed E-state index contributed by atoms with van der Waals surface area (Å²) in [5.74, 6) is 0.283. The molecule has 1 aromatic heterocycles. The van der Waals surface area contributed by atoms with E-state index in [9.17, 15) is 4.79 Å². The van der Waals surface area contributed by atoms with E-state index in [0.29, 0.717) is 0 Å². The number of nitrogens with zero attached hydrogens (tertiary/aromatic N) is 1. The molecule has 2 N–H and O–H groups in total. The first-order valence-corrected chi connectivity index (χ1v) is 7.33. The summed E-state index contributed by atoms with van der Waals surface area (Å²) < 4.78 is 0. The number of amides is 1. The lowest BCUT2D eigenvalue weighted by molar-refractivity contribution is -0.626. The molecule has 88 valence electrons. The Morgan fingerprint density at radius 2 is 2.38 bits per heavy atom. The van der Waals surface area contributed by atoms with Crippen LogP contribution in [-0.4, -0.2) is 36.2 Å². The molecule has 0 aromatic carbocycles. The van der Waals surface area contributed by atoms with E-state index in [1.165, 1.54) is 4.88 Å². The van der Waals surface area contributed by atoms with Crippen molar-refractivity contribution in [2.24, 2.45) is 0 Å². The highest BCUT2D eigenvalue weighted by atomic mass is 32.2. The highest BCUT2D eigenvalue weighted by molar-refractivity contribution is 8.01. The molecule has 1 aromatic rings. The van der Waals surface area contributed by atoms with Gasteiger partial charge in [-0.1, -0.05) is 6.07 Å². The largest absolute Gasteiger partial charge is 0.347 e. The number of likely N-dealkylation sites (N-methyl/N-ethyl adjacent to an activating group) is 1. The zero-order chi connectivity index (χ0) is 11.5. The van der Waals surface area contributed by atoms with Crippen LogP contribution in [0.4, 0.5) is 0 Å². The average Bonchev–Trinajstić information content (AvgIpc) is 2.87. The van der Waals surface area contributed by atoms with Gasteiger partial charge in [0.15, 0.2) is 0 Å². The van der Waals surface area contributed by atoms with Crippen molar-refractivity contribution >= 4 is 29.0 Å². The van der Waals surface area contributed by atoms with Crippen molar-refractivity contribution in [3.8, 4) is 0 Å². The molecular formula is C11H17N2OS2+. The minimum absolute atomic E-state index is 0.101. The van der Waals surface area contributed by atoms with Crippen molar-refractivity contribution in [1.82, 2.24) is 4.90 Å². The van der Waals surface area contributed by atoms with E-state index in [1.807, 2.05) is 18.9 Å². The molecule has 5 heteroatoms. The van der Waals surface area contributed by atoms with E-state index in [4.69, 9.17) is 0 Å². The van der Waals surface area contributed by atoms with Crippen molar-refractivity contribution in [3.05, 3.63) is 22.4 Å². The maximum Gasteiger partial charge on any atom is 0.236 e. The Bertz CT molecular complexity index is 353. The maximum absolute atomic E-state index is 12.0. The van der Waals surface area contributed by atoms with Gasteiger partial charge in [0.1, 0.15) is 5.37 Å². The van der Waals surface area contributed by atoms with Gasteiger partial charge in [-0.15, -0.1) is 23.1 Å². The van der Waals surface area contributed by atoms with Gasteiger partial charge in [-0.05, 0) is 18.4 Å². The molecular weight excluding hydrogens is 240 g/mol. The Labute approximate surface area is 104 Å². The predicted octanol–water partition coefficient (Wildman–Crippen LogP) is 0.904. The number of rotatable bonds is 4. The van der Waals surface area contributed by atoms with Gasteiger partial charge in [0.2, 0.25) is 5.91 Å². The molecule has 1 saturated heterocycles. The van der Waals surface area contributed by atoms with Crippen LogP contribution in [0.15, 0.2) is 17.5 Å². The first kappa shape index (κ1) is 12.0. The summed E-state index contributed by atoms with van der Waals surface area (Å²) in [5, 5.41) is 4.53. The molecule has 0 saturated carbocycles. The van der Waals surface area contributed by atoms with Gasteiger partial charge in [-0.2, -0.15) is 0 Å². The molecule has 3 nitrogen and oxygen atoms in total. The van der Waals surface area contributed by atoms with E-state index >= 15 is 0 Å². The normalized spacial score (nSPS) is 25.4. The third kappa shape index (κ3) is 2.26. The van der Waals surface area contributed by atoms with Crippen LogP contribution in [0.5, 0.6) is 0 Å². The van der Waals surface area contributed by atoms with Crippen LogP contribution in [0.25, 0.3) is 0 Å². The standard InChI is InChI=1S/C11H16N2OS2/c1-8-10(14)13(6-5-12-2)11(16-8)9-4-3-7-15-9/h3-4,7-8,11-12H,5-6H2,1-2H3/p+1/t8-,11+/m0/s1. The summed E-state index contributed by atoms with van der Waals surface area (Å²) in [5.41, 5.74) is 0. The number of thioether (sulfide) groups is 1. The topological polar surface area (TPSA) is 36.9 Å². The van der Waals surface area contributed by atoms with E-state index in [2.05, 4.69) is 22.8 Å². The summed E-state index contributed by atoms with van der Waals surface area (Å²) >= 11 is 3.50. The fourth-order valence-corrected chi connectivity index (χ4v) is 4.08. The van der Waals surface area contributed by atoms with Gasteiger partial charge < -0.3 is 10.2 Å². The fourth-order valence-electron chi connectivity index (χ4n) is 1.82. The number of hydrogen-bond donors (Lipinski definition) is 1. The van der Waals surface area contributed by atoms with E-state index in [1.54, 1.807) is 23.1 Å². The second-order valence-corrected chi connectivity index (χ2v) is 6.28. The van der Waals surface area contributed by atoms with Crippen molar-refractivity contribution in [3.63, 3.8) is 0 Å². The average molecular weight is 257 g/mol. The van der Waals surface area contributed by atoms with Gasteiger partial charge >= 0.3 is 0 Å². The van der Waals surface area contributed by atoms with Crippen molar-refractivity contribution < 1.29 is 10.1 Å². The van der Waals surface area contributed by atoms with Crippen molar-refractivity contribution in [2.45, 2.75) is 17.5 Å². The predicted molar refractivity (Wildman–Crippen MR) is 68.5 cm³/mol. The highest BCUT2D eigenvalue weighted by Crippen LogP contribution is 2.43. The first-order valence-electron chi connectivity index (χ1n) is 5.51. The third-order valence-corrected chi connectivity index (χ3v) is 5.14. The minimum Gasteiger partial charge on any atom is -0.347 e. The van der Waals surface area contributed by atoms with Crippen LogP contribution in [0.3, 0.4) is 0 Å². The summed E-state index contributed by atoms with van der Waals surface area (Å²) in [4.78, 5) is 15.3. The molecule has 1 amide bonds. The lowest BCUT2D eigenvalue weighted by Gasteiger charge is -2.21. The molecule has 0 radical (unpaired) electrons. The van der Waals surface area contributed by atoms with Gasteiger partial charge in [0, 0.05) is 4.88 Å². The van der Waals surface area contributed by atoms with Crippen molar-refractivity contribution in [2.75, 3.05) is 20.1 Å². The van der Waals surface area contributed by atoms with Crippen LogP contribution < -0.4 is 5.32 Å². The number of carbonyl (C=O) groups excluding carboxylic acids is 1. The lowest BCUT2D eigenvalue weighted by atomic mass is 10.3. The Hall–Kier alpha value is -0.520. The number of quaternary nitrogens is 1. The van der Waals surface area contributed by atoms with Crippen LogP contribution in [-0.2, 0) is 4.79 Å². The van der Waals surface area contributed by atoms with Gasteiger partial charge in [-0.25, -0.2) is 0 Å². The first-order chi connectivity index (χ1) is 7.74. The summed E-state index contributed by atoms with van der Waals surface area (Å²) in [6.07, 6.45) is 0. The van der Waals surface area contributed by atoms with Gasteiger partial charge in [0.05, 0.1) is 25.4 Å². The van der Waals surface area contributed by atoms with Crippen LogP contribution in [0.1, 0.15) is 17.2 Å². The second-order valence-electron chi connectivity index (χ2n) is 3.87. The summed E-state index contributed by atoms with van der Waals surface area (Å²) in [6.45, 7) is 3.82. The summed E-state index contributed by atoms with van der Waals surface area (Å²) in [6, 6.07) is 4.18. The Balaban J connectivity index is 2.13. The number of nitrogens with two attached hydrogens (primary N) is 1. The van der Waals surface area contributed by atoms with Crippen LogP contribution >= 0.6 is 23.1 Å². The molecule has 2 rings (SSSR count). The van der Waals surface area contributed by atoms with Crippen molar-refractivity contribution in [1.29, 1.82) is 0 Å². The number of hydrogen-bond acceptors (Lipinski definition) is 3. The lowest BCUT2D eigenvalue weighted by Crippen LogP contribution is -2.81. The molecule has 0 bridgehead atoms. The van der Waals surface area contributed by atoms with E-state index < -0.39 is 0 Å². The van der Waals surface area contributed by atoms with Crippen LogP contribution in [0.2, 0.25) is 0 Å². The molecule has 2 atom stereocenters. The number of carbonyl (C=O) groups is 1. The number of thiophene rings is 1. The Morgan fingerprint density at radius 3 is 3.00 bits per heavy atom. The molecule has 16 heavy (non-hydrogen) atoms. The summed E-state index contributed by atoms with van der Waals surface area (Å²) in [7, 11) is 2.04. The van der Waals surface area contributed by atoms with Gasteiger partial charge in [-0.3, -0.25) is 4.79 Å². The Morgan fingerprint density at radius 1 is 1.56 bits per heavy atom. The second kappa shape index (κ2) is 5.21. The zero-order valence-corrected chi connectivity index (χ0v) is 11.2. The molecule has 1 aliphatic heterocycles. The highest BCUT2D eigenvalue weighted by Gasteiger charge is 2.38. The third-order valence-electron chi connectivity index (χ3n) is 2.69. The minimum atomic E-state index is 0.101. The maximum atomic E-state index is 12.0. The SMILES string of the molecule is C[NH2+]CCN1C(=O)[C@H](C)S[C@@H]1c1cccs1. The molecule has 0 aliphatic carbocycles. The quantitative estimate of drug-likeness (QED) is 0.870. The molecule has 0 unspecified atom stereocenters. The van der Waals surface area contributed by atoms with Gasteiger partial charge in [0.25, 0.3) is 0 Å². The smallest absolute Gasteiger partial charge is 0.236 e. The zero-order valence-electron chi connectivity index (χ0n) is 9.55. The van der Waals surface area contributed by atoms with E-state index in [0.717, 1.165) is 13.1 Å². The van der Waals surface area contributed by atoms with Crippen LogP contribution in [0, 0.1) is 0 Å². The Kier molecular flexibility index (Phi) is 3.89. The molecule has 1 aliphatic rings. The monoisotopic (exact) mass is 257 g/mol.